The summed E-state index contributed by atoms with van der Waals surface area (Å²) in [6.45, 7) is 3.32. The maximum atomic E-state index is 13.2. The van der Waals surface area contributed by atoms with Crippen molar-refractivity contribution in [3.63, 3.8) is 0 Å². The van der Waals surface area contributed by atoms with Crippen molar-refractivity contribution in [1.82, 2.24) is 4.90 Å². The van der Waals surface area contributed by atoms with Gasteiger partial charge in [-0.1, -0.05) is 29.8 Å². The van der Waals surface area contributed by atoms with E-state index >= 15 is 0 Å². The molecule has 1 saturated heterocycles. The highest BCUT2D eigenvalue weighted by Gasteiger charge is 2.37. The lowest BCUT2D eigenvalue weighted by molar-refractivity contribution is -0.137. The number of anilines is 1. The molecule has 0 unspecified atom stereocenters. The van der Waals surface area contributed by atoms with Crippen LogP contribution in [0.25, 0.3) is 6.08 Å². The molecule has 0 radical (unpaired) electrons. The molecule has 44 heavy (non-hydrogen) atoms. The summed E-state index contributed by atoms with van der Waals surface area (Å²) in [7, 11) is 2.70. The van der Waals surface area contributed by atoms with Crippen LogP contribution in [0.15, 0.2) is 72.2 Å². The van der Waals surface area contributed by atoms with Crippen LogP contribution in [0, 0.1) is 0 Å². The molecule has 1 fully saturated rings. The Morgan fingerprint density at radius 3 is 2.39 bits per heavy atom. The van der Waals surface area contributed by atoms with Gasteiger partial charge in [-0.2, -0.15) is 13.2 Å². The predicted octanol–water partition coefficient (Wildman–Crippen LogP) is 7.36. The van der Waals surface area contributed by atoms with Crippen LogP contribution in [-0.2, 0) is 28.8 Å². The Labute approximate surface area is 260 Å². The van der Waals surface area contributed by atoms with Crippen LogP contribution in [-0.4, -0.2) is 42.7 Å². The third-order valence-corrected chi connectivity index (χ3v) is 7.47. The molecule has 230 valence electrons. The Balaban J connectivity index is 1.52. The van der Waals surface area contributed by atoms with E-state index in [0.29, 0.717) is 56.8 Å². The summed E-state index contributed by atoms with van der Waals surface area (Å²) >= 11 is 6.59. The van der Waals surface area contributed by atoms with E-state index in [1.54, 1.807) is 30.3 Å². The van der Waals surface area contributed by atoms with Crippen molar-refractivity contribution in [2.45, 2.75) is 19.2 Å². The molecule has 0 bridgehead atoms. The Kier molecular flexibility index (Phi) is 10.3. The minimum atomic E-state index is -4.65. The molecule has 1 aliphatic rings. The first-order valence-corrected chi connectivity index (χ1v) is 14.1. The molecule has 0 saturated carbocycles. The Morgan fingerprint density at radius 2 is 1.75 bits per heavy atom. The van der Waals surface area contributed by atoms with Crippen LogP contribution in [0.5, 0.6) is 17.2 Å². The highest BCUT2D eigenvalue weighted by atomic mass is 35.5. The van der Waals surface area contributed by atoms with Crippen LogP contribution in [0.4, 0.5) is 23.7 Å². The van der Waals surface area contributed by atoms with E-state index in [4.69, 9.17) is 25.8 Å². The fourth-order valence-corrected chi connectivity index (χ4v) is 5.19. The molecule has 8 nitrogen and oxygen atoms in total. The largest absolute Gasteiger partial charge is 0.495 e. The van der Waals surface area contributed by atoms with E-state index in [1.807, 2.05) is 12.1 Å². The number of thioether (sulfide) groups is 1. The fourth-order valence-electron chi connectivity index (χ4n) is 4.23. The standard InChI is InChI=1S/C31H26ClF3N2O6S/c1-4-5-20-12-19(13-25(42-3)28(20)43-17-18-6-9-22(32)10-7-18)14-26-29(39)37(30(40)44-26)16-27(38)36-23-15-21(31(33,34)35)8-11-24(23)41-2/h4,6-15H,1,5,16-17H2,2-3H3,(H,36,38)/b26-14-. The third kappa shape index (κ3) is 7.74. The average Bonchev–Trinajstić information content (AvgIpc) is 3.23. The molecule has 13 heteroatoms. The van der Waals surface area contributed by atoms with Crippen LogP contribution >= 0.6 is 23.4 Å². The lowest BCUT2D eigenvalue weighted by Crippen LogP contribution is -2.36. The van der Waals surface area contributed by atoms with Crippen LogP contribution in [0.1, 0.15) is 22.3 Å². The van der Waals surface area contributed by atoms with E-state index in [0.717, 1.165) is 17.7 Å². The number of benzene rings is 3. The Bertz CT molecular complexity index is 1630. The fraction of sp³-hybridized carbons (Fsp3) is 0.194. The number of rotatable bonds is 11. The van der Waals surface area contributed by atoms with Gasteiger partial charge in [-0.3, -0.25) is 19.3 Å². The third-order valence-electron chi connectivity index (χ3n) is 6.31. The molecule has 4 rings (SSSR count). The molecule has 0 spiro atoms. The van der Waals surface area contributed by atoms with Gasteiger partial charge in [0, 0.05) is 10.6 Å². The van der Waals surface area contributed by atoms with Crippen LogP contribution in [0.2, 0.25) is 5.02 Å². The minimum Gasteiger partial charge on any atom is -0.495 e. The van der Waals surface area contributed by atoms with E-state index in [2.05, 4.69) is 11.9 Å². The monoisotopic (exact) mass is 646 g/mol. The second-order valence-corrected chi connectivity index (χ2v) is 10.8. The molecule has 3 aromatic carbocycles. The number of nitrogens with zero attached hydrogens (tertiary/aromatic N) is 1. The zero-order chi connectivity index (χ0) is 32.0. The first-order chi connectivity index (χ1) is 20.9. The van der Waals surface area contributed by atoms with Gasteiger partial charge >= 0.3 is 6.18 Å². The summed E-state index contributed by atoms with van der Waals surface area (Å²) in [6.07, 6.45) is -1.08. The smallest absolute Gasteiger partial charge is 0.416 e. The number of carbonyl (C=O) groups excluding carboxylic acids is 3. The maximum absolute atomic E-state index is 13.2. The van der Waals surface area contributed by atoms with E-state index in [-0.39, 0.29) is 22.9 Å². The Hall–Kier alpha value is -4.42. The summed E-state index contributed by atoms with van der Waals surface area (Å²) in [6, 6.07) is 13.2. The van der Waals surface area contributed by atoms with Crippen molar-refractivity contribution in [1.29, 1.82) is 0 Å². The number of amides is 3. The second kappa shape index (κ2) is 13.9. The first-order valence-electron chi connectivity index (χ1n) is 12.9. The molecule has 0 aliphatic carbocycles. The summed E-state index contributed by atoms with van der Waals surface area (Å²) in [5.41, 5.74) is 0.870. The zero-order valence-corrected chi connectivity index (χ0v) is 25.1. The number of carbonyl (C=O) groups is 3. The molecule has 3 aromatic rings. The molecule has 1 aliphatic heterocycles. The van der Waals surface area contributed by atoms with Crippen molar-refractivity contribution in [2.24, 2.45) is 0 Å². The normalized spacial score (nSPS) is 14.1. The quantitative estimate of drug-likeness (QED) is 0.172. The first kappa shape index (κ1) is 32.5. The van der Waals surface area contributed by atoms with Gasteiger partial charge in [0.2, 0.25) is 5.91 Å². The van der Waals surface area contributed by atoms with Crippen molar-refractivity contribution in [2.75, 3.05) is 26.1 Å². The number of alkyl halides is 3. The average molecular weight is 647 g/mol. The summed E-state index contributed by atoms with van der Waals surface area (Å²) in [5, 5.41) is 2.18. The van der Waals surface area contributed by atoms with Gasteiger partial charge in [0.25, 0.3) is 11.1 Å². The maximum Gasteiger partial charge on any atom is 0.416 e. The molecule has 1 N–H and O–H groups in total. The summed E-state index contributed by atoms with van der Waals surface area (Å²) < 4.78 is 56.2. The molecule has 3 amide bonds. The number of halogens is 4. The van der Waals surface area contributed by atoms with Crippen molar-refractivity contribution >= 4 is 52.2 Å². The van der Waals surface area contributed by atoms with Gasteiger partial charge in [0.15, 0.2) is 11.5 Å². The lowest BCUT2D eigenvalue weighted by Gasteiger charge is -2.16. The molecule has 0 aromatic heterocycles. The second-order valence-electron chi connectivity index (χ2n) is 9.35. The molecular formula is C31H26ClF3N2O6S. The highest BCUT2D eigenvalue weighted by Crippen LogP contribution is 2.38. The van der Waals surface area contributed by atoms with Gasteiger partial charge in [0.1, 0.15) is 18.9 Å². The molecule has 1 heterocycles. The van der Waals surface area contributed by atoms with Gasteiger partial charge < -0.3 is 19.5 Å². The van der Waals surface area contributed by atoms with Crippen LogP contribution in [0.3, 0.4) is 0 Å². The lowest BCUT2D eigenvalue weighted by atomic mass is 10.0. The van der Waals surface area contributed by atoms with E-state index in [9.17, 15) is 27.6 Å². The Morgan fingerprint density at radius 1 is 1.05 bits per heavy atom. The summed E-state index contributed by atoms with van der Waals surface area (Å²) in [5.74, 6) is -0.778. The number of imide groups is 1. The number of methoxy groups -OCH3 is 2. The number of hydrogen-bond acceptors (Lipinski definition) is 7. The van der Waals surface area contributed by atoms with Crippen molar-refractivity contribution < 1.29 is 41.8 Å². The topological polar surface area (TPSA) is 94.2 Å². The zero-order valence-electron chi connectivity index (χ0n) is 23.5. The van der Waals surface area contributed by atoms with Gasteiger partial charge in [-0.25, -0.2) is 0 Å². The van der Waals surface area contributed by atoms with Crippen molar-refractivity contribution in [3.8, 4) is 17.2 Å². The van der Waals surface area contributed by atoms with E-state index < -0.39 is 35.3 Å². The predicted molar refractivity (Wildman–Crippen MR) is 162 cm³/mol. The van der Waals surface area contributed by atoms with Gasteiger partial charge in [0.05, 0.1) is 30.4 Å². The van der Waals surface area contributed by atoms with E-state index in [1.165, 1.54) is 20.3 Å². The number of hydrogen-bond donors (Lipinski definition) is 1. The number of ether oxygens (including phenoxy) is 3. The summed E-state index contributed by atoms with van der Waals surface area (Å²) in [4.78, 5) is 39.2. The SMILES string of the molecule is C=CCc1cc(/C=C2\SC(=O)N(CC(=O)Nc3cc(C(F)(F)F)ccc3OC)C2=O)cc(OC)c1OCc1ccc(Cl)cc1. The van der Waals surface area contributed by atoms with Crippen molar-refractivity contribution in [3.05, 3.63) is 99.4 Å². The number of nitrogens with one attached hydrogen (secondary N) is 1. The molecule has 0 atom stereocenters. The minimum absolute atomic E-state index is 0.0229. The number of allylic oxidation sites excluding steroid dienone is 1. The highest BCUT2D eigenvalue weighted by molar-refractivity contribution is 8.18. The molecular weight excluding hydrogens is 621 g/mol. The van der Waals surface area contributed by atoms with Gasteiger partial charge in [-0.15, -0.1) is 6.58 Å². The van der Waals surface area contributed by atoms with Crippen LogP contribution < -0.4 is 19.5 Å². The van der Waals surface area contributed by atoms with Gasteiger partial charge in [-0.05, 0) is 77.9 Å².